The third-order valence-corrected chi connectivity index (χ3v) is 3.69. The van der Waals surface area contributed by atoms with Gasteiger partial charge < -0.3 is 9.47 Å². The second-order valence-corrected chi connectivity index (χ2v) is 5.47. The first kappa shape index (κ1) is 16.2. The molecule has 0 bridgehead atoms. The van der Waals surface area contributed by atoms with E-state index in [0.717, 1.165) is 5.39 Å². The van der Waals surface area contributed by atoms with Crippen molar-refractivity contribution < 1.29 is 18.7 Å². The van der Waals surface area contributed by atoms with Crippen molar-refractivity contribution in [3.8, 4) is 5.75 Å². The highest BCUT2D eigenvalue weighted by molar-refractivity contribution is 6.29. The van der Waals surface area contributed by atoms with Crippen LogP contribution in [0.2, 0.25) is 5.15 Å². The second kappa shape index (κ2) is 6.84. The summed E-state index contributed by atoms with van der Waals surface area (Å²) in [6.07, 6.45) is 0. The summed E-state index contributed by atoms with van der Waals surface area (Å²) in [7, 11) is 1.39. The molecule has 4 nitrogen and oxygen atoms in total. The molecule has 3 aromatic rings. The van der Waals surface area contributed by atoms with Gasteiger partial charge in [0.2, 0.25) is 0 Å². The Bertz CT molecular complexity index is 914. The van der Waals surface area contributed by atoms with Gasteiger partial charge in [-0.25, -0.2) is 14.2 Å². The van der Waals surface area contributed by atoms with Crippen molar-refractivity contribution in [2.45, 2.75) is 6.61 Å². The lowest BCUT2D eigenvalue weighted by Gasteiger charge is -2.07. The summed E-state index contributed by atoms with van der Waals surface area (Å²) in [6.45, 7) is -0.0311. The van der Waals surface area contributed by atoms with E-state index in [4.69, 9.17) is 21.1 Å². The van der Waals surface area contributed by atoms with Crippen LogP contribution in [0, 0.1) is 5.82 Å². The van der Waals surface area contributed by atoms with Gasteiger partial charge in [0, 0.05) is 5.39 Å². The van der Waals surface area contributed by atoms with E-state index in [1.165, 1.54) is 19.2 Å². The van der Waals surface area contributed by atoms with Crippen LogP contribution in [0.5, 0.6) is 5.75 Å². The molecule has 2 aromatic carbocycles. The van der Waals surface area contributed by atoms with Crippen LogP contribution in [-0.2, 0) is 11.3 Å². The van der Waals surface area contributed by atoms with Crippen molar-refractivity contribution in [1.29, 1.82) is 0 Å². The molecule has 6 heteroatoms. The lowest BCUT2D eigenvalue weighted by atomic mass is 10.1. The molecular weight excluding hydrogens is 333 g/mol. The zero-order valence-electron chi connectivity index (χ0n) is 12.8. The molecule has 1 aromatic heterocycles. The number of carbonyl (C=O) groups is 1. The minimum absolute atomic E-state index is 0.0311. The molecular formula is C18H13ClFNO3. The third-order valence-electron chi connectivity index (χ3n) is 3.48. The first-order chi connectivity index (χ1) is 11.6. The number of fused-ring (bicyclic) bond motifs is 1. The predicted octanol–water partition coefficient (Wildman–Crippen LogP) is 4.39. The van der Waals surface area contributed by atoms with Crippen LogP contribution in [0.25, 0.3) is 10.9 Å². The highest BCUT2D eigenvalue weighted by atomic mass is 35.5. The molecule has 0 saturated carbocycles. The van der Waals surface area contributed by atoms with Crippen LogP contribution in [-0.4, -0.2) is 18.1 Å². The van der Waals surface area contributed by atoms with Crippen molar-refractivity contribution >= 4 is 28.5 Å². The lowest BCUT2D eigenvalue weighted by molar-refractivity contribution is 0.0472. The molecule has 1 heterocycles. The summed E-state index contributed by atoms with van der Waals surface area (Å²) in [6, 6.07) is 12.8. The number of aromatic nitrogens is 1. The summed E-state index contributed by atoms with van der Waals surface area (Å²) in [4.78, 5) is 16.3. The number of ether oxygens (including phenoxy) is 2. The van der Waals surface area contributed by atoms with Crippen molar-refractivity contribution in [2.24, 2.45) is 0 Å². The fraction of sp³-hybridized carbons (Fsp3) is 0.111. The van der Waals surface area contributed by atoms with Crippen LogP contribution < -0.4 is 4.74 Å². The average molecular weight is 346 g/mol. The van der Waals surface area contributed by atoms with E-state index in [1.54, 1.807) is 36.4 Å². The highest BCUT2D eigenvalue weighted by Crippen LogP contribution is 2.20. The van der Waals surface area contributed by atoms with Gasteiger partial charge in [0.1, 0.15) is 11.8 Å². The van der Waals surface area contributed by atoms with E-state index in [2.05, 4.69) is 4.98 Å². The largest absolute Gasteiger partial charge is 0.494 e. The van der Waals surface area contributed by atoms with Crippen molar-refractivity contribution in [2.75, 3.05) is 7.11 Å². The number of pyridine rings is 1. The van der Waals surface area contributed by atoms with E-state index in [1.807, 2.05) is 0 Å². The summed E-state index contributed by atoms with van der Waals surface area (Å²) in [5.41, 5.74) is 1.62. The minimum atomic E-state index is -0.500. The molecule has 3 rings (SSSR count). The van der Waals surface area contributed by atoms with Crippen molar-refractivity contribution in [1.82, 2.24) is 4.98 Å². The van der Waals surface area contributed by atoms with Crippen LogP contribution in [0.1, 0.15) is 15.9 Å². The van der Waals surface area contributed by atoms with Gasteiger partial charge in [-0.15, -0.1) is 0 Å². The molecule has 0 unspecified atom stereocenters. The van der Waals surface area contributed by atoms with Crippen molar-refractivity contribution in [3.63, 3.8) is 0 Å². The monoisotopic (exact) mass is 345 g/mol. The summed E-state index contributed by atoms with van der Waals surface area (Å²) < 4.78 is 23.7. The highest BCUT2D eigenvalue weighted by Gasteiger charge is 2.10. The first-order valence-electron chi connectivity index (χ1n) is 7.12. The molecule has 0 aliphatic carbocycles. The Kier molecular flexibility index (Phi) is 4.62. The van der Waals surface area contributed by atoms with Gasteiger partial charge in [0.25, 0.3) is 0 Å². The van der Waals surface area contributed by atoms with Gasteiger partial charge >= 0.3 is 5.97 Å². The topological polar surface area (TPSA) is 48.4 Å². The van der Waals surface area contributed by atoms with Gasteiger partial charge in [0.15, 0.2) is 11.6 Å². The molecule has 0 radical (unpaired) electrons. The van der Waals surface area contributed by atoms with Crippen LogP contribution in [0.3, 0.4) is 0 Å². The van der Waals surface area contributed by atoms with E-state index in [-0.39, 0.29) is 12.4 Å². The number of halogens is 2. The number of esters is 1. The molecule has 0 aliphatic rings. The zero-order chi connectivity index (χ0) is 17.1. The molecule has 122 valence electrons. The summed E-state index contributed by atoms with van der Waals surface area (Å²) >= 11 is 5.83. The molecule has 0 atom stereocenters. The van der Waals surface area contributed by atoms with E-state index >= 15 is 0 Å². The second-order valence-electron chi connectivity index (χ2n) is 5.09. The van der Waals surface area contributed by atoms with Gasteiger partial charge in [-0.05, 0) is 48.0 Å². The molecule has 0 fully saturated rings. The Morgan fingerprint density at radius 1 is 1.17 bits per heavy atom. The number of carbonyl (C=O) groups excluding carboxylic acids is 1. The number of hydrogen-bond donors (Lipinski definition) is 0. The quantitative estimate of drug-likeness (QED) is 0.519. The fourth-order valence-electron chi connectivity index (χ4n) is 2.26. The summed E-state index contributed by atoms with van der Waals surface area (Å²) in [5, 5.41) is 1.17. The SMILES string of the molecule is COc1ccc(COC(=O)c2ccc3nc(Cl)ccc3c2)cc1F. The van der Waals surface area contributed by atoms with E-state index < -0.39 is 11.8 Å². The smallest absolute Gasteiger partial charge is 0.338 e. The average Bonchev–Trinajstić information content (AvgIpc) is 2.59. The standard InChI is InChI=1S/C18H13ClFNO3/c1-23-16-6-2-11(8-14(16)20)10-24-18(22)13-3-5-15-12(9-13)4-7-17(19)21-15/h2-9H,10H2,1H3. The number of methoxy groups -OCH3 is 1. The number of hydrogen-bond acceptors (Lipinski definition) is 4. The Labute approximate surface area is 142 Å². The first-order valence-corrected chi connectivity index (χ1v) is 7.50. The predicted molar refractivity (Wildman–Crippen MR) is 88.8 cm³/mol. The molecule has 0 saturated heterocycles. The maximum atomic E-state index is 13.6. The molecule has 0 aliphatic heterocycles. The van der Waals surface area contributed by atoms with Gasteiger partial charge in [-0.3, -0.25) is 0 Å². The van der Waals surface area contributed by atoms with Crippen molar-refractivity contribution in [3.05, 3.63) is 70.6 Å². The summed E-state index contributed by atoms with van der Waals surface area (Å²) in [5.74, 6) is -0.853. The Morgan fingerprint density at radius 2 is 2.00 bits per heavy atom. The zero-order valence-corrected chi connectivity index (χ0v) is 13.5. The van der Waals surface area contributed by atoms with Gasteiger partial charge in [-0.2, -0.15) is 0 Å². The number of rotatable bonds is 4. The Morgan fingerprint density at radius 3 is 2.75 bits per heavy atom. The van der Waals surface area contributed by atoms with E-state index in [0.29, 0.717) is 21.8 Å². The number of nitrogens with zero attached hydrogens (tertiary/aromatic N) is 1. The Hall–Kier alpha value is -2.66. The third kappa shape index (κ3) is 3.46. The van der Waals surface area contributed by atoms with E-state index in [9.17, 15) is 9.18 Å². The van der Waals surface area contributed by atoms with Crippen LogP contribution in [0.15, 0.2) is 48.5 Å². The molecule has 0 N–H and O–H groups in total. The van der Waals surface area contributed by atoms with Crippen LogP contribution >= 0.6 is 11.6 Å². The van der Waals surface area contributed by atoms with Gasteiger partial charge in [-0.1, -0.05) is 17.7 Å². The molecule has 0 amide bonds. The normalized spacial score (nSPS) is 10.6. The molecule has 24 heavy (non-hydrogen) atoms. The lowest BCUT2D eigenvalue weighted by Crippen LogP contribution is -2.05. The maximum absolute atomic E-state index is 13.6. The minimum Gasteiger partial charge on any atom is -0.494 e. The maximum Gasteiger partial charge on any atom is 0.338 e. The molecule has 0 spiro atoms. The fourth-order valence-corrected chi connectivity index (χ4v) is 2.41. The number of benzene rings is 2. The van der Waals surface area contributed by atoms with Crippen LogP contribution in [0.4, 0.5) is 4.39 Å². The Balaban J connectivity index is 1.73. The van der Waals surface area contributed by atoms with Gasteiger partial charge in [0.05, 0.1) is 18.2 Å².